The number of amides is 1. The van der Waals surface area contributed by atoms with Gasteiger partial charge in [0.1, 0.15) is 5.60 Å². The molecule has 0 aromatic heterocycles. The van der Waals surface area contributed by atoms with Gasteiger partial charge in [0.25, 0.3) is 0 Å². The number of halogens is 2. The first-order valence-corrected chi connectivity index (χ1v) is 5.99. The van der Waals surface area contributed by atoms with Crippen LogP contribution >= 0.6 is 0 Å². The molecule has 17 heavy (non-hydrogen) atoms. The minimum atomic E-state index is -2.53. The summed E-state index contributed by atoms with van der Waals surface area (Å²) in [5, 5.41) is 0. The van der Waals surface area contributed by atoms with Crippen molar-refractivity contribution in [2.24, 2.45) is 5.92 Å². The van der Waals surface area contributed by atoms with Crippen LogP contribution in [-0.2, 0) is 4.74 Å². The highest BCUT2D eigenvalue weighted by molar-refractivity contribution is 5.68. The van der Waals surface area contributed by atoms with Crippen molar-refractivity contribution in [3.8, 4) is 0 Å². The van der Waals surface area contributed by atoms with E-state index in [4.69, 9.17) is 4.74 Å². The summed E-state index contributed by atoms with van der Waals surface area (Å²) in [6.07, 6.45) is -0.659. The van der Waals surface area contributed by atoms with Gasteiger partial charge >= 0.3 is 6.09 Å². The summed E-state index contributed by atoms with van der Waals surface area (Å²) < 4.78 is 30.6. The van der Waals surface area contributed by atoms with Gasteiger partial charge in [-0.15, -0.1) is 0 Å². The summed E-state index contributed by atoms with van der Waals surface area (Å²) in [4.78, 5) is 13.2. The van der Waals surface area contributed by atoms with E-state index in [0.717, 1.165) is 0 Å². The van der Waals surface area contributed by atoms with Crippen LogP contribution in [0.4, 0.5) is 13.6 Å². The van der Waals surface area contributed by atoms with Crippen molar-refractivity contribution < 1.29 is 18.3 Å². The monoisotopic (exact) mass is 249 g/mol. The number of nitrogens with zero attached hydrogens (tertiary/aromatic N) is 1. The second kappa shape index (κ2) is 4.78. The molecule has 0 radical (unpaired) electrons. The topological polar surface area (TPSA) is 29.5 Å². The number of ether oxygens (including phenoxy) is 1. The Morgan fingerprint density at radius 1 is 1.41 bits per heavy atom. The zero-order chi connectivity index (χ0) is 13.3. The van der Waals surface area contributed by atoms with Crippen LogP contribution in [0.5, 0.6) is 0 Å². The smallest absolute Gasteiger partial charge is 0.410 e. The van der Waals surface area contributed by atoms with Crippen LogP contribution in [0.15, 0.2) is 0 Å². The van der Waals surface area contributed by atoms with Gasteiger partial charge in [0, 0.05) is 25.9 Å². The van der Waals surface area contributed by atoms with Crippen molar-refractivity contribution in [1.82, 2.24) is 4.90 Å². The number of carbonyl (C=O) groups is 1. The molecule has 0 atom stereocenters. The molecule has 1 fully saturated rings. The molecule has 0 unspecified atom stereocenters. The molecular weight excluding hydrogens is 228 g/mol. The molecule has 100 valence electrons. The van der Waals surface area contributed by atoms with Gasteiger partial charge in [-0.05, 0) is 33.6 Å². The van der Waals surface area contributed by atoms with Crippen LogP contribution in [0.2, 0.25) is 0 Å². The molecule has 3 nitrogen and oxygen atoms in total. The number of carbonyl (C=O) groups excluding carboxylic acids is 1. The first kappa shape index (κ1) is 14.2. The summed E-state index contributed by atoms with van der Waals surface area (Å²) in [7, 11) is 0. The van der Waals surface area contributed by atoms with Crippen molar-refractivity contribution in [2.75, 3.05) is 13.1 Å². The highest BCUT2D eigenvalue weighted by atomic mass is 19.3. The summed E-state index contributed by atoms with van der Waals surface area (Å²) in [5.41, 5.74) is -0.548. The van der Waals surface area contributed by atoms with Crippen LogP contribution in [0.3, 0.4) is 0 Å². The van der Waals surface area contributed by atoms with E-state index in [2.05, 4.69) is 0 Å². The van der Waals surface area contributed by atoms with Gasteiger partial charge in [0.2, 0.25) is 5.92 Å². The lowest BCUT2D eigenvalue weighted by Gasteiger charge is -2.38. The second-order valence-corrected chi connectivity index (χ2v) is 5.65. The first-order valence-electron chi connectivity index (χ1n) is 5.99. The number of hydrogen-bond donors (Lipinski definition) is 0. The molecule has 1 aliphatic carbocycles. The molecule has 0 spiro atoms. The summed E-state index contributed by atoms with van der Waals surface area (Å²) >= 11 is 0. The molecule has 0 N–H and O–H groups in total. The fraction of sp³-hybridized carbons (Fsp3) is 0.917. The van der Waals surface area contributed by atoms with E-state index < -0.39 is 17.6 Å². The third kappa shape index (κ3) is 4.48. The Bertz CT molecular complexity index is 279. The highest BCUT2D eigenvalue weighted by Gasteiger charge is 2.46. The zero-order valence-electron chi connectivity index (χ0n) is 10.9. The Hall–Kier alpha value is -0.870. The van der Waals surface area contributed by atoms with Gasteiger partial charge in [0.05, 0.1) is 0 Å². The average molecular weight is 249 g/mol. The van der Waals surface area contributed by atoms with Gasteiger partial charge < -0.3 is 9.64 Å². The predicted octanol–water partition coefficient (Wildman–Crippen LogP) is 3.29. The Morgan fingerprint density at radius 3 is 2.29 bits per heavy atom. The maximum absolute atomic E-state index is 12.7. The fourth-order valence-electron chi connectivity index (χ4n) is 1.88. The van der Waals surface area contributed by atoms with Gasteiger partial charge in [0.15, 0.2) is 0 Å². The fourth-order valence-corrected chi connectivity index (χ4v) is 1.88. The normalized spacial score (nSPS) is 19.6. The minimum Gasteiger partial charge on any atom is -0.444 e. The van der Waals surface area contributed by atoms with E-state index in [1.165, 1.54) is 4.90 Å². The standard InChI is InChI=1S/C12H21F2NO2/c1-5-15(10(16)17-11(2,3)4)8-9-6-12(13,14)7-9/h9H,5-8H2,1-4H3. The third-order valence-corrected chi connectivity index (χ3v) is 2.69. The maximum Gasteiger partial charge on any atom is 0.410 e. The van der Waals surface area contributed by atoms with Gasteiger partial charge in [-0.2, -0.15) is 0 Å². The van der Waals surface area contributed by atoms with Crippen molar-refractivity contribution in [1.29, 1.82) is 0 Å². The van der Waals surface area contributed by atoms with E-state index in [1.807, 2.05) is 6.92 Å². The van der Waals surface area contributed by atoms with Crippen molar-refractivity contribution in [3.63, 3.8) is 0 Å². The third-order valence-electron chi connectivity index (χ3n) is 2.69. The van der Waals surface area contributed by atoms with E-state index in [1.54, 1.807) is 20.8 Å². The minimum absolute atomic E-state index is 0.0996. The molecule has 1 saturated carbocycles. The lowest BCUT2D eigenvalue weighted by Crippen LogP contribution is -2.45. The molecule has 1 rings (SSSR count). The molecule has 0 aromatic rings. The van der Waals surface area contributed by atoms with Gasteiger partial charge in [-0.3, -0.25) is 0 Å². The molecule has 0 aromatic carbocycles. The molecule has 0 bridgehead atoms. The maximum atomic E-state index is 12.7. The molecule has 0 saturated heterocycles. The first-order chi connectivity index (χ1) is 7.63. The molecule has 1 amide bonds. The Labute approximate surface area is 101 Å². The van der Waals surface area contributed by atoms with Crippen LogP contribution < -0.4 is 0 Å². The van der Waals surface area contributed by atoms with Gasteiger partial charge in [-0.25, -0.2) is 13.6 Å². The molecule has 0 heterocycles. The van der Waals surface area contributed by atoms with Crippen LogP contribution in [0.25, 0.3) is 0 Å². The highest BCUT2D eigenvalue weighted by Crippen LogP contribution is 2.42. The Kier molecular flexibility index (Phi) is 3.99. The van der Waals surface area contributed by atoms with Crippen LogP contribution in [0, 0.1) is 5.92 Å². The van der Waals surface area contributed by atoms with Crippen molar-refractivity contribution in [2.45, 2.75) is 52.1 Å². The van der Waals surface area contributed by atoms with Crippen LogP contribution in [0.1, 0.15) is 40.5 Å². The SMILES string of the molecule is CCN(CC1CC(F)(F)C1)C(=O)OC(C)(C)C. The second-order valence-electron chi connectivity index (χ2n) is 5.65. The summed E-state index contributed by atoms with van der Waals surface area (Å²) in [6, 6.07) is 0. The number of hydrogen-bond acceptors (Lipinski definition) is 2. The van der Waals surface area contributed by atoms with E-state index in [-0.39, 0.29) is 18.8 Å². The lowest BCUT2D eigenvalue weighted by molar-refractivity contribution is -0.116. The quantitative estimate of drug-likeness (QED) is 0.768. The summed E-state index contributed by atoms with van der Waals surface area (Å²) in [5.74, 6) is -2.63. The summed E-state index contributed by atoms with van der Waals surface area (Å²) in [6.45, 7) is 8.03. The zero-order valence-corrected chi connectivity index (χ0v) is 10.9. The van der Waals surface area contributed by atoms with E-state index >= 15 is 0 Å². The molecule has 0 aliphatic heterocycles. The number of rotatable bonds is 3. The predicted molar refractivity (Wildman–Crippen MR) is 61.2 cm³/mol. The molecule has 1 aliphatic rings. The molecular formula is C12H21F2NO2. The van der Waals surface area contributed by atoms with Crippen LogP contribution in [-0.4, -0.2) is 35.6 Å². The lowest BCUT2D eigenvalue weighted by atomic mass is 9.81. The van der Waals surface area contributed by atoms with Crippen molar-refractivity contribution in [3.05, 3.63) is 0 Å². The Morgan fingerprint density at radius 2 is 1.94 bits per heavy atom. The van der Waals surface area contributed by atoms with Crippen molar-refractivity contribution >= 4 is 6.09 Å². The molecule has 5 heteroatoms. The van der Waals surface area contributed by atoms with E-state index in [0.29, 0.717) is 13.1 Å². The van der Waals surface area contributed by atoms with E-state index in [9.17, 15) is 13.6 Å². The Balaban J connectivity index is 2.41. The average Bonchev–Trinajstić information content (AvgIpc) is 2.07. The van der Waals surface area contributed by atoms with Gasteiger partial charge in [-0.1, -0.05) is 0 Å². The largest absolute Gasteiger partial charge is 0.444 e. The number of alkyl halides is 2.